The first-order valence-electron chi connectivity index (χ1n) is 9.68. The number of nitrogens with zero attached hydrogens (tertiary/aromatic N) is 2. The molecule has 0 fully saturated rings. The number of aromatic nitrogens is 2. The summed E-state index contributed by atoms with van der Waals surface area (Å²) in [5, 5.41) is 9.50. The summed E-state index contributed by atoms with van der Waals surface area (Å²) in [5.41, 5.74) is 3.71. The molecule has 9 heteroatoms. The van der Waals surface area contributed by atoms with Gasteiger partial charge in [0.05, 0.1) is 24.2 Å². The average Bonchev–Trinajstić information content (AvgIpc) is 3.04. The standard InChI is InChI=1S/C22H26N4O4S/c1-14-10-15(2)12-18(11-14)23-21(27)13-26(19-6-8-20(30-5)9-7-19)31(28,29)22-16(3)24-25-17(22)4/h6-12H,13H2,1-5H3,(H,23,27)(H,24,25). The number of aryl methyl sites for hydroxylation is 4. The SMILES string of the molecule is COc1ccc(N(CC(=O)Nc2cc(C)cc(C)c2)S(=O)(=O)c2c(C)n[nH]c2C)cc1. The smallest absolute Gasteiger partial charge is 0.268 e. The number of carbonyl (C=O) groups is 1. The summed E-state index contributed by atoms with van der Waals surface area (Å²) in [6.07, 6.45) is 0. The Balaban J connectivity index is 1.98. The van der Waals surface area contributed by atoms with Gasteiger partial charge in [-0.15, -0.1) is 0 Å². The Bertz CT molecular complexity index is 1160. The van der Waals surface area contributed by atoms with Crippen molar-refractivity contribution in [3.05, 3.63) is 65.0 Å². The topological polar surface area (TPSA) is 104 Å². The molecular formula is C22H26N4O4S. The summed E-state index contributed by atoms with van der Waals surface area (Å²) in [7, 11) is -2.53. The maximum atomic E-state index is 13.5. The molecule has 0 aliphatic rings. The molecule has 0 saturated heterocycles. The number of anilines is 2. The summed E-state index contributed by atoms with van der Waals surface area (Å²) in [5.74, 6) is 0.125. The van der Waals surface area contributed by atoms with E-state index in [1.807, 2.05) is 32.0 Å². The molecular weight excluding hydrogens is 416 g/mol. The van der Waals surface area contributed by atoms with Gasteiger partial charge in [0.25, 0.3) is 10.0 Å². The quantitative estimate of drug-likeness (QED) is 0.583. The minimum Gasteiger partial charge on any atom is -0.497 e. The zero-order chi connectivity index (χ0) is 22.8. The van der Waals surface area contributed by atoms with Crippen molar-refractivity contribution >= 4 is 27.3 Å². The number of H-pyrrole nitrogens is 1. The first kappa shape index (κ1) is 22.4. The number of carbonyl (C=O) groups excluding carboxylic acids is 1. The lowest BCUT2D eigenvalue weighted by Gasteiger charge is -2.24. The van der Waals surface area contributed by atoms with Crippen molar-refractivity contribution in [1.29, 1.82) is 0 Å². The van der Waals surface area contributed by atoms with Crippen molar-refractivity contribution < 1.29 is 17.9 Å². The minimum atomic E-state index is -4.06. The Labute approximate surface area is 182 Å². The van der Waals surface area contributed by atoms with Crippen molar-refractivity contribution in [3.8, 4) is 5.75 Å². The molecule has 3 rings (SSSR count). The highest BCUT2D eigenvalue weighted by Crippen LogP contribution is 2.28. The van der Waals surface area contributed by atoms with Crippen molar-refractivity contribution in [3.63, 3.8) is 0 Å². The predicted molar refractivity (Wildman–Crippen MR) is 120 cm³/mol. The number of nitrogens with one attached hydrogen (secondary N) is 2. The molecule has 0 radical (unpaired) electrons. The molecule has 0 spiro atoms. The third-order valence-corrected chi connectivity index (χ3v) is 6.80. The molecule has 0 bridgehead atoms. The molecule has 0 aliphatic heterocycles. The maximum Gasteiger partial charge on any atom is 0.268 e. The number of hydrogen-bond acceptors (Lipinski definition) is 5. The molecule has 0 atom stereocenters. The van der Waals surface area contributed by atoms with Gasteiger partial charge in [0, 0.05) is 5.69 Å². The van der Waals surface area contributed by atoms with Crippen LogP contribution in [0.5, 0.6) is 5.75 Å². The van der Waals surface area contributed by atoms with Gasteiger partial charge in [-0.1, -0.05) is 6.07 Å². The molecule has 0 unspecified atom stereocenters. The van der Waals surface area contributed by atoms with Crippen LogP contribution in [0.2, 0.25) is 0 Å². The Morgan fingerprint density at radius 1 is 1.06 bits per heavy atom. The molecule has 2 N–H and O–H groups in total. The van der Waals surface area contributed by atoms with E-state index in [-0.39, 0.29) is 4.90 Å². The summed E-state index contributed by atoms with van der Waals surface area (Å²) in [6, 6.07) is 12.2. The van der Waals surface area contributed by atoms with Crippen LogP contribution in [0.25, 0.3) is 0 Å². The fourth-order valence-electron chi connectivity index (χ4n) is 3.47. The number of benzene rings is 2. The van der Waals surface area contributed by atoms with E-state index in [1.165, 1.54) is 7.11 Å². The van der Waals surface area contributed by atoms with Gasteiger partial charge in [0.15, 0.2) is 0 Å². The van der Waals surface area contributed by atoms with Gasteiger partial charge in [-0.05, 0) is 75.2 Å². The largest absolute Gasteiger partial charge is 0.497 e. The first-order chi connectivity index (χ1) is 14.6. The molecule has 0 saturated carbocycles. The number of methoxy groups -OCH3 is 1. The zero-order valence-corrected chi connectivity index (χ0v) is 19.0. The number of sulfonamides is 1. The van der Waals surface area contributed by atoms with Gasteiger partial charge >= 0.3 is 0 Å². The molecule has 1 aromatic heterocycles. The van der Waals surface area contributed by atoms with Crippen LogP contribution in [0.1, 0.15) is 22.5 Å². The molecule has 1 amide bonds. The first-order valence-corrected chi connectivity index (χ1v) is 11.1. The fraction of sp³-hybridized carbons (Fsp3) is 0.273. The Morgan fingerprint density at radius 3 is 2.19 bits per heavy atom. The van der Waals surface area contributed by atoms with E-state index in [2.05, 4.69) is 15.5 Å². The van der Waals surface area contributed by atoms with Gasteiger partial charge in [-0.2, -0.15) is 5.10 Å². The molecule has 3 aromatic rings. The third-order valence-electron chi connectivity index (χ3n) is 4.76. The lowest BCUT2D eigenvalue weighted by Crippen LogP contribution is -2.38. The normalized spacial score (nSPS) is 11.3. The lowest BCUT2D eigenvalue weighted by atomic mass is 10.1. The second kappa shape index (κ2) is 8.81. The Hall–Kier alpha value is -3.33. The van der Waals surface area contributed by atoms with E-state index in [4.69, 9.17) is 4.74 Å². The number of hydrogen-bond donors (Lipinski definition) is 2. The molecule has 8 nitrogen and oxygen atoms in total. The van der Waals surface area contributed by atoms with Crippen molar-refractivity contribution in [2.24, 2.45) is 0 Å². The highest BCUT2D eigenvalue weighted by atomic mass is 32.2. The van der Waals surface area contributed by atoms with Crippen molar-refractivity contribution in [1.82, 2.24) is 10.2 Å². The van der Waals surface area contributed by atoms with E-state index in [0.29, 0.717) is 28.5 Å². The molecule has 2 aromatic carbocycles. The van der Waals surface area contributed by atoms with Crippen LogP contribution in [0, 0.1) is 27.7 Å². The van der Waals surface area contributed by atoms with Crippen molar-refractivity contribution in [2.75, 3.05) is 23.3 Å². The highest BCUT2D eigenvalue weighted by Gasteiger charge is 2.31. The Kier molecular flexibility index (Phi) is 6.35. The summed E-state index contributed by atoms with van der Waals surface area (Å²) in [4.78, 5) is 12.9. The van der Waals surface area contributed by atoms with E-state index < -0.39 is 22.5 Å². The van der Waals surface area contributed by atoms with Crippen molar-refractivity contribution in [2.45, 2.75) is 32.6 Å². The third kappa shape index (κ3) is 4.88. The second-order valence-corrected chi connectivity index (χ2v) is 9.20. The Morgan fingerprint density at radius 2 is 1.68 bits per heavy atom. The number of ether oxygens (including phenoxy) is 1. The van der Waals surface area contributed by atoms with Crippen LogP contribution in [0.4, 0.5) is 11.4 Å². The zero-order valence-electron chi connectivity index (χ0n) is 18.2. The predicted octanol–water partition coefficient (Wildman–Crippen LogP) is 3.49. The van der Waals surface area contributed by atoms with Gasteiger partial charge < -0.3 is 10.1 Å². The van der Waals surface area contributed by atoms with Crippen LogP contribution >= 0.6 is 0 Å². The van der Waals surface area contributed by atoms with Crippen LogP contribution < -0.4 is 14.4 Å². The molecule has 31 heavy (non-hydrogen) atoms. The van der Waals surface area contributed by atoms with Crippen LogP contribution in [-0.4, -0.2) is 38.2 Å². The van der Waals surface area contributed by atoms with Crippen LogP contribution in [0.3, 0.4) is 0 Å². The molecule has 164 valence electrons. The van der Waals surface area contributed by atoms with Gasteiger partial charge in [0.1, 0.15) is 17.2 Å². The van der Waals surface area contributed by atoms with Crippen LogP contribution in [0.15, 0.2) is 47.4 Å². The molecule has 0 aliphatic carbocycles. The minimum absolute atomic E-state index is 0.0579. The van der Waals surface area contributed by atoms with E-state index in [9.17, 15) is 13.2 Å². The van der Waals surface area contributed by atoms with E-state index >= 15 is 0 Å². The second-order valence-electron chi connectivity index (χ2n) is 7.40. The average molecular weight is 443 g/mol. The summed E-state index contributed by atoms with van der Waals surface area (Å²) in [6.45, 7) is 6.71. The van der Waals surface area contributed by atoms with Crippen LogP contribution in [-0.2, 0) is 14.8 Å². The van der Waals surface area contributed by atoms with Gasteiger partial charge in [-0.25, -0.2) is 8.42 Å². The summed E-state index contributed by atoms with van der Waals surface area (Å²) >= 11 is 0. The van der Waals surface area contributed by atoms with Gasteiger partial charge in [0.2, 0.25) is 5.91 Å². The molecule has 1 heterocycles. The fourth-order valence-corrected chi connectivity index (χ4v) is 5.23. The highest BCUT2D eigenvalue weighted by molar-refractivity contribution is 7.93. The number of amides is 1. The summed E-state index contributed by atoms with van der Waals surface area (Å²) < 4.78 is 33.3. The lowest BCUT2D eigenvalue weighted by molar-refractivity contribution is -0.114. The maximum absolute atomic E-state index is 13.5. The monoisotopic (exact) mass is 442 g/mol. The van der Waals surface area contributed by atoms with E-state index in [0.717, 1.165) is 15.4 Å². The number of aromatic amines is 1. The van der Waals surface area contributed by atoms with E-state index in [1.54, 1.807) is 38.1 Å². The number of rotatable bonds is 7. The van der Waals surface area contributed by atoms with Gasteiger partial charge in [-0.3, -0.25) is 14.2 Å².